The molecule has 2 aromatic rings. The van der Waals surface area contributed by atoms with Crippen LogP contribution in [0.4, 0.5) is 5.82 Å². The van der Waals surface area contributed by atoms with E-state index in [4.69, 9.17) is 39.2 Å². The van der Waals surface area contributed by atoms with Gasteiger partial charge in [-0.25, -0.2) is 19.5 Å². The standard InChI is InChI=1S/C15H21N5O8.H3O4P/c16-12-7-13(18-3-17-12)20(4-19-7)14-11(9(24)6(2-22)26-14)28-15-10(25)8(23)5(1-21)27-15;1-5(2,3)4/h3-6,8-11,14-15,21-25H,1-2H2,(H2,16,17,18);(H3,1,2,3,4)/t5-,6-,8-,9-,10-,11-,14-,15?;/m1./s1. The number of fused-ring (bicyclic) bond motifs is 1. The van der Waals surface area contributed by atoms with Crippen molar-refractivity contribution < 1.29 is 59.0 Å². The second-order valence-corrected chi connectivity index (χ2v) is 8.17. The van der Waals surface area contributed by atoms with Crippen LogP contribution in [0.2, 0.25) is 0 Å². The third-order valence-corrected chi connectivity index (χ3v) is 4.94. The predicted molar refractivity (Wildman–Crippen MR) is 104 cm³/mol. The molecule has 0 radical (unpaired) electrons. The molecular formula is C15H24N5O12P. The summed E-state index contributed by atoms with van der Waals surface area (Å²) in [7, 11) is -4.64. The van der Waals surface area contributed by atoms with Gasteiger partial charge in [-0.1, -0.05) is 0 Å². The minimum atomic E-state index is -4.64. The lowest BCUT2D eigenvalue weighted by molar-refractivity contribution is -0.219. The van der Waals surface area contributed by atoms with Crippen molar-refractivity contribution in [1.29, 1.82) is 0 Å². The van der Waals surface area contributed by atoms with Gasteiger partial charge in [0.15, 0.2) is 24.0 Å². The van der Waals surface area contributed by atoms with Gasteiger partial charge in [0.1, 0.15) is 48.5 Å². The van der Waals surface area contributed by atoms with Crippen LogP contribution < -0.4 is 5.73 Å². The summed E-state index contributed by atoms with van der Waals surface area (Å²) in [6.07, 6.45) is -6.93. The van der Waals surface area contributed by atoms with E-state index in [1.54, 1.807) is 0 Å². The molecule has 17 nitrogen and oxygen atoms in total. The molecule has 33 heavy (non-hydrogen) atoms. The number of hydrogen-bond donors (Lipinski definition) is 9. The Morgan fingerprint density at radius 3 is 2.18 bits per heavy atom. The Bertz CT molecular complexity index is 981. The van der Waals surface area contributed by atoms with Gasteiger partial charge in [-0.2, -0.15) is 0 Å². The van der Waals surface area contributed by atoms with Crippen molar-refractivity contribution in [3.8, 4) is 0 Å². The van der Waals surface area contributed by atoms with E-state index in [9.17, 15) is 25.5 Å². The summed E-state index contributed by atoms with van der Waals surface area (Å²) in [6, 6.07) is 0. The molecule has 8 atom stereocenters. The normalized spacial score (nSPS) is 34.4. The van der Waals surface area contributed by atoms with E-state index in [2.05, 4.69) is 15.0 Å². The number of phosphoric acid groups is 1. The second-order valence-electron chi connectivity index (χ2n) is 7.14. The number of nitrogens with zero attached hydrogens (tertiary/aromatic N) is 4. The zero-order chi connectivity index (χ0) is 24.5. The first kappa shape index (κ1) is 25.8. The van der Waals surface area contributed by atoms with Crippen LogP contribution >= 0.6 is 7.82 Å². The Hall–Kier alpha value is -1.86. The molecule has 0 amide bonds. The fourth-order valence-corrected chi connectivity index (χ4v) is 3.43. The summed E-state index contributed by atoms with van der Waals surface area (Å²) < 4.78 is 27.0. The van der Waals surface area contributed by atoms with E-state index in [1.165, 1.54) is 17.2 Å². The van der Waals surface area contributed by atoms with Crippen LogP contribution in [0.15, 0.2) is 12.7 Å². The number of hydrogen-bond acceptors (Lipinski definition) is 13. The molecule has 2 saturated heterocycles. The molecule has 2 fully saturated rings. The van der Waals surface area contributed by atoms with Gasteiger partial charge in [-0.15, -0.1) is 0 Å². The molecule has 0 saturated carbocycles. The molecule has 10 N–H and O–H groups in total. The number of nitrogens with two attached hydrogens (primary N) is 1. The molecule has 4 heterocycles. The van der Waals surface area contributed by atoms with Gasteiger partial charge in [0.05, 0.1) is 19.5 Å². The molecule has 0 aromatic carbocycles. The molecule has 0 aliphatic carbocycles. The van der Waals surface area contributed by atoms with Gasteiger partial charge >= 0.3 is 7.82 Å². The van der Waals surface area contributed by atoms with E-state index in [0.717, 1.165) is 0 Å². The number of aromatic nitrogens is 4. The lowest BCUT2D eigenvalue weighted by atomic mass is 10.1. The lowest BCUT2D eigenvalue weighted by Gasteiger charge is -2.26. The van der Waals surface area contributed by atoms with Crippen molar-refractivity contribution in [2.45, 2.75) is 49.1 Å². The van der Waals surface area contributed by atoms with Gasteiger partial charge in [-0.05, 0) is 0 Å². The number of imidazole rings is 1. The molecule has 2 aliphatic heterocycles. The van der Waals surface area contributed by atoms with Crippen LogP contribution in [0.1, 0.15) is 6.23 Å². The molecule has 0 spiro atoms. The first-order valence-corrected chi connectivity index (χ1v) is 11.0. The highest BCUT2D eigenvalue weighted by Crippen LogP contribution is 2.36. The molecule has 186 valence electrons. The highest BCUT2D eigenvalue weighted by Gasteiger charge is 2.51. The Kier molecular flexibility index (Phi) is 7.95. The number of aliphatic hydroxyl groups excluding tert-OH is 5. The number of nitrogen functional groups attached to an aromatic ring is 1. The summed E-state index contributed by atoms with van der Waals surface area (Å²) >= 11 is 0. The number of aliphatic hydroxyl groups is 5. The summed E-state index contributed by atoms with van der Waals surface area (Å²) in [5, 5.41) is 49.2. The maximum Gasteiger partial charge on any atom is 0.466 e. The largest absolute Gasteiger partial charge is 0.466 e. The van der Waals surface area contributed by atoms with Gasteiger partial charge in [-0.3, -0.25) is 4.57 Å². The zero-order valence-corrected chi connectivity index (χ0v) is 17.6. The highest BCUT2D eigenvalue weighted by atomic mass is 31.2. The van der Waals surface area contributed by atoms with Crippen molar-refractivity contribution in [3.63, 3.8) is 0 Å². The van der Waals surface area contributed by atoms with Gasteiger partial charge in [0, 0.05) is 0 Å². The third-order valence-electron chi connectivity index (χ3n) is 4.94. The quantitative estimate of drug-likeness (QED) is 0.176. The Labute approximate surface area is 184 Å². The van der Waals surface area contributed by atoms with Crippen molar-refractivity contribution in [2.24, 2.45) is 0 Å². The molecular weight excluding hydrogens is 473 g/mol. The van der Waals surface area contributed by atoms with E-state index >= 15 is 0 Å². The summed E-state index contributed by atoms with van der Waals surface area (Å²) in [4.78, 5) is 33.7. The lowest BCUT2D eigenvalue weighted by Crippen LogP contribution is -2.42. The number of anilines is 1. The molecule has 0 bridgehead atoms. The molecule has 4 rings (SSSR count). The summed E-state index contributed by atoms with van der Waals surface area (Å²) in [6.45, 7) is -1.01. The average Bonchev–Trinajstić information content (AvgIpc) is 3.38. The van der Waals surface area contributed by atoms with Crippen molar-refractivity contribution in [3.05, 3.63) is 12.7 Å². The van der Waals surface area contributed by atoms with Crippen LogP contribution in [0, 0.1) is 0 Å². The third kappa shape index (κ3) is 5.62. The highest BCUT2D eigenvalue weighted by molar-refractivity contribution is 7.45. The van der Waals surface area contributed by atoms with Crippen LogP contribution in [0.25, 0.3) is 11.2 Å². The summed E-state index contributed by atoms with van der Waals surface area (Å²) in [5.41, 5.74) is 6.42. The number of ether oxygens (including phenoxy) is 3. The number of rotatable bonds is 5. The minimum Gasteiger partial charge on any atom is -0.394 e. The van der Waals surface area contributed by atoms with E-state index in [-0.39, 0.29) is 5.82 Å². The fraction of sp³-hybridized carbons (Fsp3) is 0.667. The van der Waals surface area contributed by atoms with Crippen molar-refractivity contribution >= 4 is 24.8 Å². The van der Waals surface area contributed by atoms with Gasteiger partial charge in [0.25, 0.3) is 0 Å². The Morgan fingerprint density at radius 1 is 1.00 bits per heavy atom. The first-order chi connectivity index (χ1) is 15.5. The first-order valence-electron chi connectivity index (χ1n) is 9.39. The Balaban J connectivity index is 0.000000555. The SMILES string of the molecule is Nc1ncnc2c1ncn2[C@@H]1O[C@H](CO)[C@@H](O)[C@H]1OC1O[C@H](CO)[C@@H](O)[C@H]1O.O=P(O)(O)O. The molecule has 1 unspecified atom stereocenters. The second kappa shape index (κ2) is 10.2. The van der Waals surface area contributed by atoms with E-state index < -0.39 is 70.2 Å². The molecule has 2 aromatic heterocycles. The Morgan fingerprint density at radius 2 is 1.61 bits per heavy atom. The van der Waals surface area contributed by atoms with Gasteiger partial charge in [0.2, 0.25) is 0 Å². The smallest absolute Gasteiger partial charge is 0.394 e. The molecule has 18 heteroatoms. The van der Waals surface area contributed by atoms with E-state index in [0.29, 0.717) is 11.2 Å². The van der Waals surface area contributed by atoms with E-state index in [1.807, 2.05) is 0 Å². The van der Waals surface area contributed by atoms with Crippen molar-refractivity contribution in [2.75, 3.05) is 18.9 Å². The minimum absolute atomic E-state index is 0.155. The monoisotopic (exact) mass is 497 g/mol. The maximum absolute atomic E-state index is 10.5. The fourth-order valence-electron chi connectivity index (χ4n) is 3.43. The molecule has 2 aliphatic rings. The van der Waals surface area contributed by atoms with Crippen LogP contribution in [-0.2, 0) is 18.8 Å². The van der Waals surface area contributed by atoms with Gasteiger partial charge < -0.3 is 60.2 Å². The average molecular weight is 497 g/mol. The van der Waals surface area contributed by atoms with Crippen LogP contribution in [0.3, 0.4) is 0 Å². The predicted octanol–water partition coefficient (Wildman–Crippen LogP) is -4.45. The van der Waals surface area contributed by atoms with Crippen LogP contribution in [0.5, 0.6) is 0 Å². The topological polar surface area (TPSA) is 276 Å². The summed E-state index contributed by atoms with van der Waals surface area (Å²) in [5.74, 6) is 0.155. The van der Waals surface area contributed by atoms with Crippen LogP contribution in [-0.4, -0.2) is 116 Å². The maximum atomic E-state index is 10.5. The zero-order valence-electron chi connectivity index (χ0n) is 16.7. The van der Waals surface area contributed by atoms with Crippen molar-refractivity contribution in [1.82, 2.24) is 19.5 Å².